The summed E-state index contributed by atoms with van der Waals surface area (Å²) in [5.74, 6) is 0.476. The van der Waals surface area contributed by atoms with Gasteiger partial charge in [-0.3, -0.25) is 9.36 Å². The number of halogens is 3. The average Bonchev–Trinajstić information content (AvgIpc) is 3.29. The standard InChI is InChI=1S/C16H20F3N5O3S/c1-22(11-16(17,18)19)13(25)10-28-15-21-20-14(23-4-7-26-8-5-23)24(15)9-12-3-2-6-27-12/h2-3,6H,4-5,7-11H2,1H3. The van der Waals surface area contributed by atoms with Gasteiger partial charge in [0.05, 0.1) is 31.8 Å². The van der Waals surface area contributed by atoms with Gasteiger partial charge in [0.15, 0.2) is 5.16 Å². The Balaban J connectivity index is 1.72. The van der Waals surface area contributed by atoms with Crippen LogP contribution in [0.15, 0.2) is 28.0 Å². The smallest absolute Gasteiger partial charge is 0.406 e. The number of amides is 1. The molecule has 0 atom stereocenters. The summed E-state index contributed by atoms with van der Waals surface area (Å²) >= 11 is 1.05. The number of thioether (sulfide) groups is 1. The number of anilines is 1. The second-order valence-electron chi connectivity index (χ2n) is 6.20. The molecule has 154 valence electrons. The van der Waals surface area contributed by atoms with E-state index in [1.807, 2.05) is 4.90 Å². The minimum absolute atomic E-state index is 0.175. The van der Waals surface area contributed by atoms with Crippen molar-refractivity contribution in [2.24, 2.45) is 0 Å². The number of aromatic nitrogens is 3. The van der Waals surface area contributed by atoms with Crippen LogP contribution >= 0.6 is 11.8 Å². The van der Waals surface area contributed by atoms with Crippen molar-refractivity contribution in [1.82, 2.24) is 19.7 Å². The van der Waals surface area contributed by atoms with Crippen LogP contribution in [0, 0.1) is 0 Å². The zero-order valence-electron chi connectivity index (χ0n) is 15.2. The molecule has 8 nitrogen and oxygen atoms in total. The molecule has 0 aromatic carbocycles. The molecule has 0 bridgehead atoms. The summed E-state index contributed by atoms with van der Waals surface area (Å²) in [6.45, 7) is 1.49. The van der Waals surface area contributed by atoms with Crippen LogP contribution < -0.4 is 4.90 Å². The summed E-state index contributed by atoms with van der Waals surface area (Å²) in [6.07, 6.45) is -2.88. The van der Waals surface area contributed by atoms with E-state index in [-0.39, 0.29) is 5.75 Å². The van der Waals surface area contributed by atoms with E-state index in [0.29, 0.717) is 54.6 Å². The molecule has 3 rings (SSSR count). The normalized spacial score (nSPS) is 15.1. The molecule has 2 aromatic heterocycles. The summed E-state index contributed by atoms with van der Waals surface area (Å²) in [5.41, 5.74) is 0. The summed E-state index contributed by atoms with van der Waals surface area (Å²) in [6, 6.07) is 3.57. The number of hydrogen-bond donors (Lipinski definition) is 0. The number of nitrogens with zero attached hydrogens (tertiary/aromatic N) is 5. The van der Waals surface area contributed by atoms with Crippen LogP contribution in [0.25, 0.3) is 0 Å². The highest BCUT2D eigenvalue weighted by molar-refractivity contribution is 7.99. The Morgan fingerprint density at radius 2 is 2.07 bits per heavy atom. The molecule has 1 amide bonds. The number of hydrogen-bond acceptors (Lipinski definition) is 7. The SMILES string of the molecule is CN(CC(F)(F)F)C(=O)CSc1nnc(N2CCOCC2)n1Cc1ccco1. The molecule has 28 heavy (non-hydrogen) atoms. The first kappa shape index (κ1) is 20.5. The molecule has 3 heterocycles. The van der Waals surface area contributed by atoms with Gasteiger partial charge in [-0.2, -0.15) is 13.2 Å². The Morgan fingerprint density at radius 1 is 1.32 bits per heavy atom. The quantitative estimate of drug-likeness (QED) is 0.634. The van der Waals surface area contributed by atoms with Gasteiger partial charge in [-0.1, -0.05) is 11.8 Å². The van der Waals surface area contributed by atoms with Crippen molar-refractivity contribution >= 4 is 23.6 Å². The maximum Gasteiger partial charge on any atom is 0.406 e. The topological polar surface area (TPSA) is 76.6 Å². The highest BCUT2D eigenvalue weighted by atomic mass is 32.2. The first-order valence-corrected chi connectivity index (χ1v) is 9.54. The lowest BCUT2D eigenvalue weighted by Gasteiger charge is -2.27. The van der Waals surface area contributed by atoms with Gasteiger partial charge < -0.3 is 19.0 Å². The van der Waals surface area contributed by atoms with Crippen molar-refractivity contribution < 1.29 is 27.1 Å². The average molecular weight is 419 g/mol. The lowest BCUT2D eigenvalue weighted by atomic mass is 10.4. The highest BCUT2D eigenvalue weighted by Gasteiger charge is 2.31. The van der Waals surface area contributed by atoms with Crippen molar-refractivity contribution in [2.45, 2.75) is 17.9 Å². The summed E-state index contributed by atoms with van der Waals surface area (Å²) in [4.78, 5) is 14.7. The van der Waals surface area contributed by atoms with Crippen molar-refractivity contribution in [1.29, 1.82) is 0 Å². The maximum absolute atomic E-state index is 12.5. The molecule has 1 aliphatic rings. The molecule has 0 N–H and O–H groups in total. The van der Waals surface area contributed by atoms with Gasteiger partial charge in [0, 0.05) is 20.1 Å². The Labute approximate surface area is 163 Å². The van der Waals surface area contributed by atoms with Crippen molar-refractivity contribution in [3.8, 4) is 0 Å². The molecule has 0 unspecified atom stereocenters. The van der Waals surface area contributed by atoms with Crippen LogP contribution in [0.2, 0.25) is 0 Å². The fraction of sp³-hybridized carbons (Fsp3) is 0.562. The van der Waals surface area contributed by atoms with Gasteiger partial charge in [-0.15, -0.1) is 10.2 Å². The molecule has 2 aromatic rings. The Hall–Kier alpha value is -2.21. The fourth-order valence-electron chi connectivity index (χ4n) is 2.68. The molecule has 0 spiro atoms. The van der Waals surface area contributed by atoms with Gasteiger partial charge in [0.25, 0.3) is 0 Å². The van der Waals surface area contributed by atoms with E-state index in [4.69, 9.17) is 9.15 Å². The van der Waals surface area contributed by atoms with E-state index in [9.17, 15) is 18.0 Å². The predicted molar refractivity (Wildman–Crippen MR) is 95.3 cm³/mol. The second-order valence-corrected chi connectivity index (χ2v) is 7.14. The lowest BCUT2D eigenvalue weighted by molar-refractivity contribution is -0.156. The number of carbonyl (C=O) groups excluding carboxylic acids is 1. The van der Waals surface area contributed by atoms with Gasteiger partial charge >= 0.3 is 6.18 Å². The first-order chi connectivity index (χ1) is 13.3. The predicted octanol–water partition coefficient (Wildman–Crippen LogP) is 1.87. The molecule has 1 saturated heterocycles. The van der Waals surface area contributed by atoms with Gasteiger partial charge in [0.2, 0.25) is 11.9 Å². The third kappa shape index (κ3) is 5.41. The van der Waals surface area contributed by atoms with E-state index in [1.54, 1.807) is 23.0 Å². The van der Waals surface area contributed by atoms with E-state index in [2.05, 4.69) is 10.2 Å². The zero-order valence-corrected chi connectivity index (χ0v) is 16.0. The molecular weight excluding hydrogens is 399 g/mol. The van der Waals surface area contributed by atoms with Crippen LogP contribution in [0.4, 0.5) is 19.1 Å². The largest absolute Gasteiger partial charge is 0.467 e. The number of rotatable bonds is 7. The van der Waals surface area contributed by atoms with E-state index in [1.165, 1.54) is 0 Å². The van der Waals surface area contributed by atoms with Crippen LogP contribution in [-0.2, 0) is 16.1 Å². The molecule has 1 aliphatic heterocycles. The van der Waals surface area contributed by atoms with Crippen LogP contribution in [-0.4, -0.2) is 77.4 Å². The monoisotopic (exact) mass is 419 g/mol. The number of carbonyl (C=O) groups is 1. The number of alkyl halides is 3. The number of ether oxygens (including phenoxy) is 1. The minimum Gasteiger partial charge on any atom is -0.467 e. The van der Waals surface area contributed by atoms with Crippen molar-refractivity contribution in [3.05, 3.63) is 24.2 Å². The maximum atomic E-state index is 12.5. The number of furan rings is 1. The second kappa shape index (κ2) is 8.86. The van der Waals surface area contributed by atoms with Crippen molar-refractivity contribution in [2.75, 3.05) is 50.5 Å². The Bertz CT molecular complexity index is 775. The fourth-order valence-corrected chi connectivity index (χ4v) is 3.55. The zero-order chi connectivity index (χ0) is 20.1. The van der Waals surface area contributed by atoms with Gasteiger partial charge in [-0.05, 0) is 12.1 Å². The van der Waals surface area contributed by atoms with Crippen LogP contribution in [0.3, 0.4) is 0 Å². The molecule has 0 radical (unpaired) electrons. The molecule has 0 saturated carbocycles. The third-order valence-corrected chi connectivity index (χ3v) is 5.00. The summed E-state index contributed by atoms with van der Waals surface area (Å²) in [7, 11) is 1.13. The van der Waals surface area contributed by atoms with E-state index >= 15 is 0 Å². The van der Waals surface area contributed by atoms with Gasteiger partial charge in [-0.25, -0.2) is 0 Å². The van der Waals surface area contributed by atoms with Crippen LogP contribution in [0.1, 0.15) is 5.76 Å². The third-order valence-electron chi connectivity index (χ3n) is 4.05. The molecule has 1 fully saturated rings. The van der Waals surface area contributed by atoms with E-state index in [0.717, 1.165) is 18.8 Å². The molecule has 0 aliphatic carbocycles. The lowest BCUT2D eigenvalue weighted by Crippen LogP contribution is -2.38. The summed E-state index contributed by atoms with van der Waals surface area (Å²) < 4.78 is 49.9. The van der Waals surface area contributed by atoms with Crippen molar-refractivity contribution in [3.63, 3.8) is 0 Å². The Morgan fingerprint density at radius 3 is 2.71 bits per heavy atom. The van der Waals surface area contributed by atoms with E-state index < -0.39 is 18.6 Å². The Kier molecular flexibility index (Phi) is 6.50. The molecular formula is C16H20F3N5O3S. The highest BCUT2D eigenvalue weighted by Crippen LogP contribution is 2.25. The van der Waals surface area contributed by atoms with Gasteiger partial charge in [0.1, 0.15) is 12.3 Å². The first-order valence-electron chi connectivity index (χ1n) is 8.55. The van der Waals surface area contributed by atoms with Crippen LogP contribution in [0.5, 0.6) is 0 Å². The summed E-state index contributed by atoms with van der Waals surface area (Å²) in [5, 5.41) is 8.79. The minimum atomic E-state index is -4.43. The number of morpholine rings is 1. The molecule has 12 heteroatoms.